The fourth-order valence-electron chi connectivity index (χ4n) is 4.93. The number of likely N-dealkylation sites (tertiary alicyclic amines) is 2. The van der Waals surface area contributed by atoms with Crippen molar-refractivity contribution >= 4 is 23.6 Å². The van der Waals surface area contributed by atoms with Crippen molar-refractivity contribution in [1.82, 2.24) is 14.7 Å². The molecule has 0 spiro atoms. The van der Waals surface area contributed by atoms with Crippen molar-refractivity contribution in [2.45, 2.75) is 38.1 Å². The fraction of sp³-hybridized carbons (Fsp3) is 0.667. The van der Waals surface area contributed by atoms with Gasteiger partial charge in [-0.15, -0.1) is 0 Å². The van der Waals surface area contributed by atoms with E-state index in [1.807, 2.05) is 35.2 Å². The summed E-state index contributed by atoms with van der Waals surface area (Å²) in [6.07, 6.45) is 6.02. The fourth-order valence-corrected chi connectivity index (χ4v) is 5.31. The predicted molar refractivity (Wildman–Crippen MR) is 125 cm³/mol. The number of hydrogen-bond donors (Lipinski definition) is 0. The molecule has 2 aliphatic heterocycles. The zero-order chi connectivity index (χ0) is 22.4. The van der Waals surface area contributed by atoms with Crippen molar-refractivity contribution in [2.75, 3.05) is 52.3 Å². The highest BCUT2D eigenvalue weighted by Crippen LogP contribution is 2.29. The molecule has 2 heterocycles. The van der Waals surface area contributed by atoms with Gasteiger partial charge in [0.1, 0.15) is 5.82 Å². The number of hydrogen-bond acceptors (Lipinski definition) is 4. The number of nitrogens with zero attached hydrogens (tertiary/aromatic N) is 3. The molecule has 2 amide bonds. The molecule has 2 unspecified atom stereocenters. The number of halogens is 1. The second-order valence-electron chi connectivity index (χ2n) is 9.06. The van der Waals surface area contributed by atoms with E-state index in [9.17, 15) is 14.0 Å². The third-order valence-corrected chi connectivity index (χ3v) is 7.52. The van der Waals surface area contributed by atoms with Gasteiger partial charge < -0.3 is 14.7 Å². The number of thioether (sulfide) groups is 1. The maximum Gasteiger partial charge on any atom is 0.227 e. The Kier molecular flexibility index (Phi) is 8.78. The summed E-state index contributed by atoms with van der Waals surface area (Å²) in [5.41, 5.74) is 1.04. The first-order valence-electron chi connectivity index (χ1n) is 11.4. The molecular formula is C24H36FN3O2S. The second-order valence-corrected chi connectivity index (χ2v) is 10.0. The van der Waals surface area contributed by atoms with Gasteiger partial charge in [0.25, 0.3) is 0 Å². The van der Waals surface area contributed by atoms with Crippen molar-refractivity contribution in [3.63, 3.8) is 0 Å². The SMILES string of the molecule is CSCCC(=O)N(C)C(Cc1ccc(F)cc1)C1CCN(C(=O)C2CCN(C)C2)CC1. The highest BCUT2D eigenvalue weighted by atomic mass is 32.2. The molecule has 3 rings (SSSR count). The molecule has 172 valence electrons. The van der Waals surface area contributed by atoms with Gasteiger partial charge in [-0.1, -0.05) is 12.1 Å². The van der Waals surface area contributed by atoms with E-state index in [0.29, 0.717) is 24.7 Å². The number of carbonyl (C=O) groups excluding carboxylic acids is 2. The lowest BCUT2D eigenvalue weighted by molar-refractivity contribution is -0.138. The van der Waals surface area contributed by atoms with E-state index in [1.54, 1.807) is 11.8 Å². The maximum atomic E-state index is 13.4. The third-order valence-electron chi connectivity index (χ3n) is 6.91. The highest BCUT2D eigenvalue weighted by Gasteiger charge is 2.35. The number of likely N-dealkylation sites (N-methyl/N-ethyl adjacent to an activating group) is 1. The van der Waals surface area contributed by atoms with Gasteiger partial charge in [-0.3, -0.25) is 9.59 Å². The molecule has 0 bridgehead atoms. The quantitative estimate of drug-likeness (QED) is 0.612. The van der Waals surface area contributed by atoms with Crippen LogP contribution in [0.1, 0.15) is 31.2 Å². The standard InChI is InChI=1S/C24H36FN3O2S/c1-26-12-8-20(17-26)24(30)28-13-9-19(10-14-28)22(27(2)23(29)11-15-31-3)16-18-4-6-21(25)7-5-18/h4-7,19-20,22H,8-17H2,1-3H3. The van der Waals surface area contributed by atoms with Gasteiger partial charge in [0.2, 0.25) is 11.8 Å². The summed E-state index contributed by atoms with van der Waals surface area (Å²) in [5.74, 6) is 1.50. The summed E-state index contributed by atoms with van der Waals surface area (Å²) >= 11 is 1.68. The Morgan fingerprint density at radius 1 is 1.16 bits per heavy atom. The molecule has 2 saturated heterocycles. The van der Waals surface area contributed by atoms with Crippen molar-refractivity contribution in [3.05, 3.63) is 35.6 Å². The first-order chi connectivity index (χ1) is 14.9. The topological polar surface area (TPSA) is 43.9 Å². The maximum absolute atomic E-state index is 13.4. The number of rotatable bonds is 8. The van der Waals surface area contributed by atoms with E-state index in [1.165, 1.54) is 12.1 Å². The Hall–Kier alpha value is -1.60. The molecule has 2 atom stereocenters. The van der Waals surface area contributed by atoms with Crippen LogP contribution < -0.4 is 0 Å². The zero-order valence-corrected chi connectivity index (χ0v) is 19.9. The van der Waals surface area contributed by atoms with Gasteiger partial charge in [0.15, 0.2) is 0 Å². The average molecular weight is 450 g/mol. The van der Waals surface area contributed by atoms with Crippen LogP contribution in [0, 0.1) is 17.7 Å². The van der Waals surface area contributed by atoms with Crippen LogP contribution in [-0.4, -0.2) is 84.8 Å². The predicted octanol–water partition coefficient (Wildman–Crippen LogP) is 3.14. The second kappa shape index (κ2) is 11.3. The minimum absolute atomic E-state index is 0.0645. The van der Waals surface area contributed by atoms with Crippen molar-refractivity contribution in [3.8, 4) is 0 Å². The lowest BCUT2D eigenvalue weighted by Gasteiger charge is -2.40. The van der Waals surface area contributed by atoms with E-state index in [4.69, 9.17) is 0 Å². The van der Waals surface area contributed by atoms with Crippen LogP contribution in [-0.2, 0) is 16.0 Å². The van der Waals surface area contributed by atoms with Gasteiger partial charge in [-0.2, -0.15) is 11.8 Å². The number of benzene rings is 1. The molecule has 1 aromatic carbocycles. The zero-order valence-electron chi connectivity index (χ0n) is 19.1. The summed E-state index contributed by atoms with van der Waals surface area (Å²) in [7, 11) is 3.98. The summed E-state index contributed by atoms with van der Waals surface area (Å²) in [6, 6.07) is 6.67. The molecule has 2 aliphatic rings. The Balaban J connectivity index is 1.65. The van der Waals surface area contributed by atoms with Gasteiger partial charge in [-0.05, 0) is 69.1 Å². The lowest BCUT2D eigenvalue weighted by Crippen LogP contribution is -2.49. The monoisotopic (exact) mass is 449 g/mol. The lowest BCUT2D eigenvalue weighted by atomic mass is 9.84. The van der Waals surface area contributed by atoms with Gasteiger partial charge >= 0.3 is 0 Å². The smallest absolute Gasteiger partial charge is 0.227 e. The summed E-state index contributed by atoms with van der Waals surface area (Å²) < 4.78 is 13.4. The molecular weight excluding hydrogens is 413 g/mol. The summed E-state index contributed by atoms with van der Waals surface area (Å²) in [5, 5.41) is 0. The van der Waals surface area contributed by atoms with Gasteiger partial charge in [-0.25, -0.2) is 4.39 Å². The van der Waals surface area contributed by atoms with Crippen LogP contribution in [0.15, 0.2) is 24.3 Å². The molecule has 0 aromatic heterocycles. The van der Waals surface area contributed by atoms with E-state index in [2.05, 4.69) is 11.9 Å². The van der Waals surface area contributed by atoms with E-state index in [-0.39, 0.29) is 23.7 Å². The number of carbonyl (C=O) groups is 2. The van der Waals surface area contributed by atoms with Gasteiger partial charge in [0.05, 0.1) is 5.92 Å². The first-order valence-corrected chi connectivity index (χ1v) is 12.7. The minimum atomic E-state index is -0.242. The molecule has 0 saturated carbocycles. The summed E-state index contributed by atoms with van der Waals surface area (Å²) in [4.78, 5) is 31.9. The van der Waals surface area contributed by atoms with Crippen LogP contribution in [0.4, 0.5) is 4.39 Å². The van der Waals surface area contributed by atoms with Crippen LogP contribution in [0.2, 0.25) is 0 Å². The van der Waals surface area contributed by atoms with Crippen LogP contribution >= 0.6 is 11.8 Å². The molecule has 2 fully saturated rings. The summed E-state index contributed by atoms with van der Waals surface area (Å²) in [6.45, 7) is 3.38. The van der Waals surface area contributed by atoms with E-state index in [0.717, 1.165) is 56.8 Å². The molecule has 31 heavy (non-hydrogen) atoms. The Morgan fingerprint density at radius 3 is 2.42 bits per heavy atom. The first kappa shape index (κ1) is 24.1. The molecule has 5 nitrogen and oxygen atoms in total. The van der Waals surface area contributed by atoms with Gasteiger partial charge in [0, 0.05) is 44.9 Å². The molecule has 0 N–H and O–H groups in total. The number of piperidine rings is 1. The van der Waals surface area contributed by atoms with Crippen molar-refractivity contribution < 1.29 is 14.0 Å². The Labute approximate surface area is 190 Å². The molecule has 7 heteroatoms. The molecule has 0 radical (unpaired) electrons. The Morgan fingerprint density at radius 2 is 1.84 bits per heavy atom. The Bertz CT molecular complexity index is 737. The minimum Gasteiger partial charge on any atom is -0.342 e. The normalized spacial score (nSPS) is 21.3. The molecule has 1 aromatic rings. The number of amides is 2. The van der Waals surface area contributed by atoms with Crippen LogP contribution in [0.5, 0.6) is 0 Å². The van der Waals surface area contributed by atoms with Crippen LogP contribution in [0.25, 0.3) is 0 Å². The molecule has 0 aliphatic carbocycles. The average Bonchev–Trinajstić information content (AvgIpc) is 3.22. The highest BCUT2D eigenvalue weighted by molar-refractivity contribution is 7.98. The van der Waals surface area contributed by atoms with Crippen LogP contribution in [0.3, 0.4) is 0 Å². The third kappa shape index (κ3) is 6.45. The van der Waals surface area contributed by atoms with Crippen molar-refractivity contribution in [1.29, 1.82) is 0 Å². The largest absolute Gasteiger partial charge is 0.342 e. The van der Waals surface area contributed by atoms with E-state index < -0.39 is 0 Å². The van der Waals surface area contributed by atoms with Crippen molar-refractivity contribution in [2.24, 2.45) is 11.8 Å². The van der Waals surface area contributed by atoms with E-state index >= 15 is 0 Å².